The summed E-state index contributed by atoms with van der Waals surface area (Å²) in [4.78, 5) is 3.93. The van der Waals surface area contributed by atoms with Gasteiger partial charge in [-0.2, -0.15) is 0 Å². The first-order valence-corrected chi connectivity index (χ1v) is 7.06. The quantitative estimate of drug-likeness (QED) is 0.712. The third-order valence-corrected chi connectivity index (χ3v) is 3.60. The van der Waals surface area contributed by atoms with Crippen LogP contribution in [0.1, 0.15) is 0 Å². The molecule has 0 aliphatic carbocycles. The maximum atomic E-state index is 5.40. The van der Waals surface area contributed by atoms with E-state index in [1.165, 1.54) is 6.39 Å². The summed E-state index contributed by atoms with van der Waals surface area (Å²) in [6, 6.07) is 11.8. The van der Waals surface area contributed by atoms with Crippen LogP contribution in [0.15, 0.2) is 53.4 Å². The summed E-state index contributed by atoms with van der Waals surface area (Å²) in [5.74, 6) is 2.57. The number of aromatic nitrogens is 1. The maximum Gasteiger partial charge on any atom is 0.203 e. The van der Waals surface area contributed by atoms with Gasteiger partial charge in [0.2, 0.25) is 5.75 Å². The van der Waals surface area contributed by atoms with Crippen LogP contribution in [0.25, 0.3) is 22.5 Å². The van der Waals surface area contributed by atoms with Gasteiger partial charge in [0.1, 0.15) is 0 Å². The molecule has 0 aliphatic heterocycles. The molecule has 0 saturated carbocycles. The predicted octanol–water partition coefficient (Wildman–Crippen LogP) is 4.03. The molecule has 0 saturated heterocycles. The van der Waals surface area contributed by atoms with Crippen molar-refractivity contribution in [1.29, 1.82) is 0 Å². The van der Waals surface area contributed by atoms with Crippen molar-refractivity contribution in [2.24, 2.45) is 0 Å². The van der Waals surface area contributed by atoms with Crippen molar-refractivity contribution in [3.05, 3.63) is 49.0 Å². The highest BCUT2D eigenvalue weighted by atomic mass is 16.5. The minimum absolute atomic E-state index is 0.581. The lowest BCUT2D eigenvalue weighted by Crippen LogP contribution is -1.95. The second-order valence-electron chi connectivity index (χ2n) is 4.86. The summed E-state index contributed by atoms with van der Waals surface area (Å²) in [6.07, 6.45) is 3.11. The van der Waals surface area contributed by atoms with E-state index < -0.39 is 0 Å². The fraction of sp³-hybridized carbons (Fsp3) is 0.167. The highest BCUT2D eigenvalue weighted by Gasteiger charge is 2.14. The molecule has 0 fully saturated rings. The standard InChI is InChI=1S/C18H17NO4/c1-20-15-8-14(9-16(21-2)18(15)22-3)12-4-6-13(7-5-12)17-10-19-11-23-17/h4-11H,1-3H3. The average molecular weight is 311 g/mol. The van der Waals surface area contributed by atoms with Crippen LogP contribution in [0, 0.1) is 0 Å². The molecule has 0 aliphatic rings. The van der Waals surface area contributed by atoms with Crippen molar-refractivity contribution in [3.63, 3.8) is 0 Å². The molecule has 0 radical (unpaired) electrons. The SMILES string of the molecule is COc1cc(-c2ccc(-c3cnco3)cc2)cc(OC)c1OC. The van der Waals surface area contributed by atoms with Crippen LogP contribution in [-0.2, 0) is 0 Å². The van der Waals surface area contributed by atoms with Crippen LogP contribution in [0.5, 0.6) is 17.2 Å². The number of rotatable bonds is 5. The highest BCUT2D eigenvalue weighted by Crippen LogP contribution is 2.41. The second-order valence-corrected chi connectivity index (χ2v) is 4.86. The summed E-state index contributed by atoms with van der Waals surface area (Å²) in [5.41, 5.74) is 2.98. The van der Waals surface area contributed by atoms with Gasteiger partial charge in [-0.25, -0.2) is 4.98 Å². The van der Waals surface area contributed by atoms with Crippen molar-refractivity contribution in [1.82, 2.24) is 4.98 Å². The van der Waals surface area contributed by atoms with Crippen molar-refractivity contribution in [3.8, 4) is 39.7 Å². The van der Waals surface area contributed by atoms with Crippen molar-refractivity contribution in [2.75, 3.05) is 21.3 Å². The number of hydrogen-bond donors (Lipinski definition) is 0. The van der Waals surface area contributed by atoms with Crippen molar-refractivity contribution >= 4 is 0 Å². The molecule has 0 atom stereocenters. The fourth-order valence-corrected chi connectivity index (χ4v) is 2.43. The molecular weight excluding hydrogens is 294 g/mol. The summed E-state index contributed by atoms with van der Waals surface area (Å²) in [7, 11) is 4.80. The second kappa shape index (κ2) is 6.44. The Kier molecular flexibility index (Phi) is 4.19. The molecule has 3 aromatic rings. The van der Waals surface area contributed by atoms with E-state index in [-0.39, 0.29) is 0 Å². The van der Waals surface area contributed by atoms with Gasteiger partial charge in [-0.15, -0.1) is 0 Å². The highest BCUT2D eigenvalue weighted by molar-refractivity contribution is 5.73. The molecule has 0 bridgehead atoms. The van der Waals surface area contributed by atoms with Gasteiger partial charge < -0.3 is 18.6 Å². The monoisotopic (exact) mass is 311 g/mol. The van der Waals surface area contributed by atoms with E-state index in [1.807, 2.05) is 36.4 Å². The molecule has 5 heteroatoms. The zero-order valence-electron chi connectivity index (χ0n) is 13.2. The van der Waals surface area contributed by atoms with Crippen molar-refractivity contribution in [2.45, 2.75) is 0 Å². The van der Waals surface area contributed by atoms with Gasteiger partial charge in [-0.05, 0) is 23.3 Å². The van der Waals surface area contributed by atoms with E-state index in [1.54, 1.807) is 27.5 Å². The summed E-state index contributed by atoms with van der Waals surface area (Å²) < 4.78 is 21.4. The molecule has 0 spiro atoms. The molecule has 1 heterocycles. The Morgan fingerprint density at radius 1 is 0.783 bits per heavy atom. The number of benzene rings is 2. The molecule has 118 valence electrons. The van der Waals surface area contributed by atoms with Crippen LogP contribution >= 0.6 is 0 Å². The van der Waals surface area contributed by atoms with E-state index in [9.17, 15) is 0 Å². The zero-order valence-corrected chi connectivity index (χ0v) is 13.2. The normalized spacial score (nSPS) is 10.4. The lowest BCUT2D eigenvalue weighted by molar-refractivity contribution is 0.324. The molecule has 3 rings (SSSR count). The maximum absolute atomic E-state index is 5.40. The van der Waals surface area contributed by atoms with Crippen molar-refractivity contribution < 1.29 is 18.6 Å². The molecule has 5 nitrogen and oxygen atoms in total. The Labute approximate surface area is 134 Å². The van der Waals surface area contributed by atoms with E-state index >= 15 is 0 Å². The van der Waals surface area contributed by atoms with Gasteiger partial charge in [0.15, 0.2) is 23.7 Å². The number of oxazole rings is 1. The van der Waals surface area contributed by atoms with Crippen LogP contribution in [-0.4, -0.2) is 26.3 Å². The summed E-state index contributed by atoms with van der Waals surface area (Å²) in [6.45, 7) is 0. The number of ether oxygens (including phenoxy) is 3. The molecule has 23 heavy (non-hydrogen) atoms. The summed E-state index contributed by atoms with van der Waals surface area (Å²) in [5, 5.41) is 0. The largest absolute Gasteiger partial charge is 0.493 e. The Balaban J connectivity index is 2.01. The molecule has 2 aromatic carbocycles. The first-order valence-electron chi connectivity index (χ1n) is 7.06. The van der Waals surface area contributed by atoms with E-state index in [2.05, 4.69) is 4.98 Å². The topological polar surface area (TPSA) is 53.7 Å². The van der Waals surface area contributed by atoms with E-state index in [4.69, 9.17) is 18.6 Å². The lowest BCUT2D eigenvalue weighted by Gasteiger charge is -2.14. The van der Waals surface area contributed by atoms with Gasteiger partial charge in [-0.3, -0.25) is 0 Å². The minimum Gasteiger partial charge on any atom is -0.493 e. The third-order valence-electron chi connectivity index (χ3n) is 3.60. The third kappa shape index (κ3) is 2.85. The van der Waals surface area contributed by atoms with Gasteiger partial charge >= 0.3 is 0 Å². The first-order chi connectivity index (χ1) is 11.3. The molecule has 0 unspecified atom stereocenters. The molecule has 0 N–H and O–H groups in total. The Morgan fingerprint density at radius 3 is 1.87 bits per heavy atom. The van der Waals surface area contributed by atoms with Gasteiger partial charge in [0.25, 0.3) is 0 Å². The average Bonchev–Trinajstić information content (AvgIpc) is 3.15. The Hall–Kier alpha value is -2.95. The number of hydrogen-bond acceptors (Lipinski definition) is 5. The van der Waals surface area contributed by atoms with Gasteiger partial charge in [0, 0.05) is 5.56 Å². The zero-order chi connectivity index (χ0) is 16.2. The van der Waals surface area contributed by atoms with Crippen LogP contribution in [0.2, 0.25) is 0 Å². The van der Waals surface area contributed by atoms with Gasteiger partial charge in [-0.1, -0.05) is 24.3 Å². The van der Waals surface area contributed by atoms with E-state index in [0.29, 0.717) is 17.2 Å². The minimum atomic E-state index is 0.581. The van der Waals surface area contributed by atoms with Crippen LogP contribution < -0.4 is 14.2 Å². The fourth-order valence-electron chi connectivity index (χ4n) is 2.43. The lowest BCUT2D eigenvalue weighted by atomic mass is 10.0. The number of methoxy groups -OCH3 is 3. The molecule has 0 amide bonds. The summed E-state index contributed by atoms with van der Waals surface area (Å²) >= 11 is 0. The smallest absolute Gasteiger partial charge is 0.203 e. The Morgan fingerprint density at radius 2 is 1.39 bits per heavy atom. The molecule has 1 aromatic heterocycles. The van der Waals surface area contributed by atoms with Gasteiger partial charge in [0.05, 0.1) is 27.5 Å². The predicted molar refractivity (Wildman–Crippen MR) is 87.0 cm³/mol. The van der Waals surface area contributed by atoms with Crippen LogP contribution in [0.4, 0.5) is 0 Å². The Bertz CT molecular complexity index is 754. The van der Waals surface area contributed by atoms with Crippen LogP contribution in [0.3, 0.4) is 0 Å². The molecular formula is C18H17NO4. The van der Waals surface area contributed by atoms with E-state index in [0.717, 1.165) is 22.5 Å². The first kappa shape index (κ1) is 15.0. The number of nitrogens with zero attached hydrogens (tertiary/aromatic N) is 1.